The lowest BCUT2D eigenvalue weighted by molar-refractivity contribution is -0.135. The smallest absolute Gasteiger partial charge is 0.355 e. The molecule has 0 atom stereocenters. The molecular weight excluding hydrogens is 232 g/mol. The lowest BCUT2D eigenvalue weighted by atomic mass is 10.1. The maximum atomic E-state index is 11.8. The van der Waals surface area contributed by atoms with Crippen LogP contribution in [-0.4, -0.2) is 41.0 Å². The van der Waals surface area contributed by atoms with Crippen LogP contribution < -0.4 is 0 Å². The minimum absolute atomic E-state index is 0.0998. The lowest BCUT2D eigenvalue weighted by Gasteiger charge is -2.26. The van der Waals surface area contributed by atoms with E-state index < -0.39 is 5.97 Å². The first-order chi connectivity index (χ1) is 8.68. The van der Waals surface area contributed by atoms with E-state index in [1.807, 2.05) is 0 Å². The van der Waals surface area contributed by atoms with E-state index in [0.29, 0.717) is 5.69 Å². The van der Waals surface area contributed by atoms with Crippen molar-refractivity contribution in [2.45, 2.75) is 19.3 Å². The number of amides is 1. The van der Waals surface area contributed by atoms with Crippen LogP contribution in [0, 0.1) is 0 Å². The Kier molecular flexibility index (Phi) is 4.02. The summed E-state index contributed by atoms with van der Waals surface area (Å²) in [6.45, 7) is 1.39. The highest BCUT2D eigenvalue weighted by Crippen LogP contribution is 2.09. The minimum atomic E-state index is -0.451. The highest BCUT2D eigenvalue weighted by atomic mass is 16.5. The van der Waals surface area contributed by atoms with Gasteiger partial charge in [-0.2, -0.15) is 0 Å². The SMILES string of the molecule is Cn1cccc1C(=O)OCC(=O)N1CCCCC1. The molecule has 2 heterocycles. The van der Waals surface area contributed by atoms with Crippen LogP contribution in [0.15, 0.2) is 18.3 Å². The molecule has 98 valence electrons. The van der Waals surface area contributed by atoms with Crippen LogP contribution in [0.2, 0.25) is 0 Å². The first kappa shape index (κ1) is 12.7. The number of piperidine rings is 1. The number of esters is 1. The van der Waals surface area contributed by atoms with Crippen molar-refractivity contribution in [3.63, 3.8) is 0 Å². The largest absolute Gasteiger partial charge is 0.451 e. The monoisotopic (exact) mass is 250 g/mol. The number of aromatic nitrogens is 1. The van der Waals surface area contributed by atoms with Gasteiger partial charge in [-0.1, -0.05) is 0 Å². The number of carbonyl (C=O) groups excluding carboxylic acids is 2. The van der Waals surface area contributed by atoms with E-state index in [0.717, 1.165) is 25.9 Å². The van der Waals surface area contributed by atoms with Gasteiger partial charge in [-0.15, -0.1) is 0 Å². The molecule has 0 N–H and O–H groups in total. The van der Waals surface area contributed by atoms with Crippen molar-refractivity contribution in [1.82, 2.24) is 9.47 Å². The molecule has 0 aromatic carbocycles. The fraction of sp³-hybridized carbons (Fsp3) is 0.538. The van der Waals surface area contributed by atoms with Crippen molar-refractivity contribution >= 4 is 11.9 Å². The van der Waals surface area contributed by atoms with Gasteiger partial charge in [-0.3, -0.25) is 4.79 Å². The van der Waals surface area contributed by atoms with Gasteiger partial charge in [-0.25, -0.2) is 4.79 Å². The van der Waals surface area contributed by atoms with Gasteiger partial charge >= 0.3 is 5.97 Å². The van der Waals surface area contributed by atoms with Gasteiger partial charge in [0.25, 0.3) is 5.91 Å². The van der Waals surface area contributed by atoms with Gasteiger partial charge in [0, 0.05) is 26.3 Å². The molecule has 0 saturated carbocycles. The molecule has 18 heavy (non-hydrogen) atoms. The summed E-state index contributed by atoms with van der Waals surface area (Å²) in [5.74, 6) is -0.551. The van der Waals surface area contributed by atoms with E-state index in [1.54, 1.807) is 34.8 Å². The maximum absolute atomic E-state index is 11.8. The van der Waals surface area contributed by atoms with Crippen LogP contribution in [0.3, 0.4) is 0 Å². The second-order valence-corrected chi connectivity index (χ2v) is 4.52. The number of hydrogen-bond donors (Lipinski definition) is 0. The molecule has 0 spiro atoms. The fourth-order valence-corrected chi connectivity index (χ4v) is 2.11. The van der Waals surface area contributed by atoms with E-state index in [2.05, 4.69) is 0 Å². The third kappa shape index (κ3) is 2.91. The van der Waals surface area contributed by atoms with E-state index in [9.17, 15) is 9.59 Å². The van der Waals surface area contributed by atoms with Crippen molar-refractivity contribution < 1.29 is 14.3 Å². The minimum Gasteiger partial charge on any atom is -0.451 e. The molecule has 5 nitrogen and oxygen atoms in total. The Morgan fingerprint density at radius 3 is 2.61 bits per heavy atom. The molecule has 1 aromatic rings. The quantitative estimate of drug-likeness (QED) is 0.757. The third-order valence-corrected chi connectivity index (χ3v) is 3.19. The van der Waals surface area contributed by atoms with Gasteiger partial charge in [0.2, 0.25) is 0 Å². The number of likely N-dealkylation sites (tertiary alicyclic amines) is 1. The molecule has 1 aliphatic rings. The summed E-state index contributed by atoms with van der Waals surface area (Å²) in [6, 6.07) is 3.44. The molecule has 0 unspecified atom stereocenters. The van der Waals surface area contributed by atoms with E-state index in [4.69, 9.17) is 4.74 Å². The van der Waals surface area contributed by atoms with Gasteiger partial charge in [0.1, 0.15) is 5.69 Å². The average molecular weight is 250 g/mol. The predicted molar refractivity (Wildman–Crippen MR) is 66.1 cm³/mol. The summed E-state index contributed by atoms with van der Waals surface area (Å²) in [7, 11) is 1.77. The Hall–Kier alpha value is -1.78. The maximum Gasteiger partial charge on any atom is 0.355 e. The third-order valence-electron chi connectivity index (χ3n) is 3.19. The molecule has 5 heteroatoms. The van der Waals surface area contributed by atoms with E-state index in [-0.39, 0.29) is 12.5 Å². The second-order valence-electron chi connectivity index (χ2n) is 4.52. The number of carbonyl (C=O) groups is 2. The molecule has 1 aromatic heterocycles. The molecule has 0 radical (unpaired) electrons. The lowest BCUT2D eigenvalue weighted by Crippen LogP contribution is -2.38. The van der Waals surface area contributed by atoms with Crippen LogP contribution in [0.25, 0.3) is 0 Å². The van der Waals surface area contributed by atoms with Gasteiger partial charge < -0.3 is 14.2 Å². The zero-order chi connectivity index (χ0) is 13.0. The number of rotatable bonds is 3. The molecule has 0 aliphatic carbocycles. The summed E-state index contributed by atoms with van der Waals surface area (Å²) >= 11 is 0. The molecule has 1 fully saturated rings. The number of nitrogens with zero attached hydrogens (tertiary/aromatic N) is 2. The van der Waals surface area contributed by atoms with Crippen molar-refractivity contribution in [2.75, 3.05) is 19.7 Å². The molecular formula is C13H18N2O3. The molecule has 0 bridgehead atoms. The Morgan fingerprint density at radius 2 is 2.00 bits per heavy atom. The molecule has 1 saturated heterocycles. The average Bonchev–Trinajstić information content (AvgIpc) is 2.83. The van der Waals surface area contributed by atoms with Crippen molar-refractivity contribution in [3.05, 3.63) is 24.0 Å². The molecule has 1 amide bonds. The highest BCUT2D eigenvalue weighted by Gasteiger charge is 2.19. The summed E-state index contributed by atoms with van der Waals surface area (Å²) in [5.41, 5.74) is 0.460. The predicted octanol–water partition coefficient (Wildman–Crippen LogP) is 1.19. The van der Waals surface area contributed by atoms with Crippen LogP contribution in [-0.2, 0) is 16.6 Å². The Labute approximate surface area is 106 Å². The summed E-state index contributed by atoms with van der Waals surface area (Å²) in [5, 5.41) is 0. The highest BCUT2D eigenvalue weighted by molar-refractivity contribution is 5.89. The molecule has 2 rings (SSSR count). The second kappa shape index (κ2) is 5.71. The standard InChI is InChI=1S/C13H18N2O3/c1-14-7-5-6-11(14)13(17)18-10-12(16)15-8-3-2-4-9-15/h5-7H,2-4,8-10H2,1H3. The van der Waals surface area contributed by atoms with Crippen LogP contribution in [0.4, 0.5) is 0 Å². The van der Waals surface area contributed by atoms with Gasteiger partial charge in [0.15, 0.2) is 6.61 Å². The summed E-state index contributed by atoms with van der Waals surface area (Å²) in [4.78, 5) is 25.3. The van der Waals surface area contributed by atoms with Crippen LogP contribution >= 0.6 is 0 Å². The first-order valence-electron chi connectivity index (χ1n) is 6.25. The molecule has 1 aliphatic heterocycles. The summed E-state index contributed by atoms with van der Waals surface area (Å²) < 4.78 is 6.71. The van der Waals surface area contributed by atoms with Gasteiger partial charge in [-0.05, 0) is 31.4 Å². The first-order valence-corrected chi connectivity index (χ1v) is 6.25. The number of hydrogen-bond acceptors (Lipinski definition) is 3. The van der Waals surface area contributed by atoms with E-state index in [1.165, 1.54) is 6.42 Å². The number of aryl methyl sites for hydroxylation is 1. The van der Waals surface area contributed by atoms with E-state index >= 15 is 0 Å². The van der Waals surface area contributed by atoms with Crippen molar-refractivity contribution in [3.8, 4) is 0 Å². The number of ether oxygens (including phenoxy) is 1. The van der Waals surface area contributed by atoms with Crippen molar-refractivity contribution in [2.24, 2.45) is 7.05 Å². The fourth-order valence-electron chi connectivity index (χ4n) is 2.11. The Morgan fingerprint density at radius 1 is 1.28 bits per heavy atom. The Balaban J connectivity index is 1.82. The Bertz CT molecular complexity index is 433. The van der Waals surface area contributed by atoms with Crippen molar-refractivity contribution in [1.29, 1.82) is 0 Å². The topological polar surface area (TPSA) is 51.5 Å². The van der Waals surface area contributed by atoms with Crippen LogP contribution in [0.5, 0.6) is 0 Å². The zero-order valence-electron chi connectivity index (χ0n) is 10.6. The van der Waals surface area contributed by atoms with Gasteiger partial charge in [0.05, 0.1) is 0 Å². The van der Waals surface area contributed by atoms with Crippen LogP contribution in [0.1, 0.15) is 29.8 Å². The zero-order valence-corrected chi connectivity index (χ0v) is 10.6. The summed E-state index contributed by atoms with van der Waals surface area (Å²) in [6.07, 6.45) is 5.02. The normalized spacial score (nSPS) is 15.5.